The number of fused-ring (bicyclic) bond motifs is 1. The smallest absolute Gasteiger partial charge is 0.254 e. The van der Waals surface area contributed by atoms with Crippen molar-refractivity contribution in [1.29, 1.82) is 0 Å². The molecule has 2 fully saturated rings. The molecule has 2 aromatic carbocycles. The van der Waals surface area contributed by atoms with E-state index < -0.39 is 5.60 Å². The molecule has 2 atom stereocenters. The number of piperazine rings is 1. The van der Waals surface area contributed by atoms with E-state index in [4.69, 9.17) is 4.99 Å². The number of carbonyl (C=O) groups is 1. The van der Waals surface area contributed by atoms with Crippen LogP contribution >= 0.6 is 0 Å². The molecular formula is C25H29FN4O2. The molecule has 0 spiro atoms. The molecule has 32 heavy (non-hydrogen) atoms. The van der Waals surface area contributed by atoms with Gasteiger partial charge in [0.15, 0.2) is 0 Å². The second-order valence-corrected chi connectivity index (χ2v) is 9.16. The monoisotopic (exact) mass is 436 g/mol. The summed E-state index contributed by atoms with van der Waals surface area (Å²) >= 11 is 0. The lowest BCUT2D eigenvalue weighted by Crippen LogP contribution is -2.58. The van der Waals surface area contributed by atoms with Crippen LogP contribution in [0.3, 0.4) is 0 Å². The van der Waals surface area contributed by atoms with E-state index in [9.17, 15) is 14.3 Å². The fourth-order valence-corrected chi connectivity index (χ4v) is 5.05. The Morgan fingerprint density at radius 2 is 1.78 bits per heavy atom. The summed E-state index contributed by atoms with van der Waals surface area (Å²) in [6.45, 7) is 3.60. The van der Waals surface area contributed by atoms with Crippen LogP contribution in [0.25, 0.3) is 0 Å². The van der Waals surface area contributed by atoms with Gasteiger partial charge >= 0.3 is 0 Å². The zero-order valence-corrected chi connectivity index (χ0v) is 18.3. The number of hydrogen-bond acceptors (Lipinski definition) is 5. The van der Waals surface area contributed by atoms with Crippen molar-refractivity contribution >= 4 is 17.4 Å². The van der Waals surface area contributed by atoms with Gasteiger partial charge in [0.1, 0.15) is 29.5 Å². The number of amides is 1. The Bertz CT molecular complexity index is 1020. The van der Waals surface area contributed by atoms with Gasteiger partial charge in [-0.15, -0.1) is 0 Å². The Morgan fingerprint density at radius 1 is 1.09 bits per heavy atom. The molecule has 7 heteroatoms. The molecule has 2 N–H and O–H groups in total. The van der Waals surface area contributed by atoms with E-state index in [-0.39, 0.29) is 23.9 Å². The Labute approximate surface area is 187 Å². The SMILES string of the molecule is Cc1ccc(NC2C(c3ccc(F)cc3)N=C3CN(C(=O)C4(O)CCCC4)CCN32)cc1. The second-order valence-electron chi connectivity index (χ2n) is 9.16. The van der Waals surface area contributed by atoms with Gasteiger partial charge in [-0.2, -0.15) is 0 Å². The van der Waals surface area contributed by atoms with Gasteiger partial charge in [-0.3, -0.25) is 9.79 Å². The largest absolute Gasteiger partial charge is 0.380 e. The van der Waals surface area contributed by atoms with Crippen LogP contribution in [-0.2, 0) is 4.79 Å². The van der Waals surface area contributed by atoms with Crippen LogP contribution in [0, 0.1) is 12.7 Å². The van der Waals surface area contributed by atoms with Crippen LogP contribution in [-0.4, -0.2) is 58.1 Å². The first-order chi connectivity index (χ1) is 15.4. The summed E-state index contributed by atoms with van der Waals surface area (Å²) < 4.78 is 13.5. The summed E-state index contributed by atoms with van der Waals surface area (Å²) in [6.07, 6.45) is 2.71. The molecule has 0 bridgehead atoms. The molecule has 2 aliphatic heterocycles. The van der Waals surface area contributed by atoms with Gasteiger partial charge in [-0.05, 0) is 62.4 Å². The highest BCUT2D eigenvalue weighted by Gasteiger charge is 2.46. The van der Waals surface area contributed by atoms with E-state index in [1.165, 1.54) is 17.7 Å². The molecule has 2 aromatic rings. The molecule has 1 saturated heterocycles. The molecule has 1 amide bonds. The number of nitrogens with zero attached hydrogens (tertiary/aromatic N) is 3. The quantitative estimate of drug-likeness (QED) is 0.770. The van der Waals surface area contributed by atoms with Crippen molar-refractivity contribution in [3.8, 4) is 0 Å². The van der Waals surface area contributed by atoms with E-state index in [2.05, 4.69) is 29.3 Å². The summed E-state index contributed by atoms with van der Waals surface area (Å²) in [7, 11) is 0. The minimum absolute atomic E-state index is 0.134. The third kappa shape index (κ3) is 3.86. The molecule has 6 nitrogen and oxygen atoms in total. The number of halogens is 1. The van der Waals surface area contributed by atoms with Crippen molar-refractivity contribution < 1.29 is 14.3 Å². The fourth-order valence-electron chi connectivity index (χ4n) is 5.05. The third-order valence-corrected chi connectivity index (χ3v) is 6.89. The van der Waals surface area contributed by atoms with Crippen molar-refractivity contribution in [3.05, 3.63) is 65.5 Å². The van der Waals surface area contributed by atoms with E-state index in [0.717, 1.165) is 29.9 Å². The molecule has 0 radical (unpaired) electrons. The average Bonchev–Trinajstić information content (AvgIpc) is 3.40. The predicted molar refractivity (Wildman–Crippen MR) is 122 cm³/mol. The Balaban J connectivity index is 1.41. The van der Waals surface area contributed by atoms with Crippen molar-refractivity contribution in [2.45, 2.75) is 50.4 Å². The summed E-state index contributed by atoms with van der Waals surface area (Å²) in [6, 6.07) is 14.5. The van der Waals surface area contributed by atoms with E-state index in [1.807, 2.05) is 12.1 Å². The number of amidine groups is 1. The van der Waals surface area contributed by atoms with Gasteiger partial charge in [0, 0.05) is 18.8 Å². The van der Waals surface area contributed by atoms with E-state index in [1.54, 1.807) is 17.0 Å². The Morgan fingerprint density at radius 3 is 2.47 bits per heavy atom. The van der Waals surface area contributed by atoms with Crippen LogP contribution in [0.1, 0.15) is 42.9 Å². The number of hydrogen-bond donors (Lipinski definition) is 2. The normalized spacial score (nSPS) is 24.3. The number of aliphatic imine (C=N–C) groups is 1. The Hall–Kier alpha value is -2.93. The molecule has 1 aliphatic carbocycles. The molecule has 2 heterocycles. The van der Waals surface area contributed by atoms with E-state index in [0.29, 0.717) is 32.5 Å². The standard InChI is InChI=1S/C25H29FN4O2/c1-17-4-10-20(11-5-17)27-23-22(18-6-8-19(26)9-7-18)28-21-16-29(14-15-30(21)23)24(31)25(32)12-2-3-13-25/h4-11,22-23,27,32H,2-3,12-16H2,1H3. The van der Waals surface area contributed by atoms with Gasteiger partial charge in [0.2, 0.25) is 0 Å². The van der Waals surface area contributed by atoms with Crippen LogP contribution in [0.2, 0.25) is 0 Å². The molecule has 0 aromatic heterocycles. The number of nitrogens with one attached hydrogen (secondary N) is 1. The van der Waals surface area contributed by atoms with E-state index >= 15 is 0 Å². The molecule has 3 aliphatic rings. The third-order valence-electron chi connectivity index (χ3n) is 6.89. The summed E-state index contributed by atoms with van der Waals surface area (Å²) in [5.41, 5.74) is 1.87. The summed E-state index contributed by atoms with van der Waals surface area (Å²) in [5, 5.41) is 14.4. The first kappa shape index (κ1) is 20.9. The molecular weight excluding hydrogens is 407 g/mol. The van der Waals surface area contributed by atoms with Crippen LogP contribution in [0.5, 0.6) is 0 Å². The number of carbonyl (C=O) groups excluding carboxylic acids is 1. The maximum atomic E-state index is 13.5. The average molecular weight is 437 g/mol. The topological polar surface area (TPSA) is 68.2 Å². The number of anilines is 1. The number of aliphatic hydroxyl groups is 1. The van der Waals surface area contributed by atoms with Gasteiger partial charge in [-0.1, -0.05) is 29.8 Å². The van der Waals surface area contributed by atoms with Crippen LogP contribution in [0.15, 0.2) is 53.5 Å². The highest BCUT2D eigenvalue weighted by Crippen LogP contribution is 2.36. The summed E-state index contributed by atoms with van der Waals surface area (Å²) in [4.78, 5) is 22.0. The molecule has 1 saturated carbocycles. The van der Waals surface area contributed by atoms with Crippen LogP contribution in [0.4, 0.5) is 10.1 Å². The van der Waals surface area contributed by atoms with Gasteiger partial charge in [0.05, 0.1) is 6.54 Å². The van der Waals surface area contributed by atoms with Gasteiger partial charge in [-0.25, -0.2) is 4.39 Å². The lowest BCUT2D eigenvalue weighted by molar-refractivity contribution is -0.150. The van der Waals surface area contributed by atoms with Gasteiger partial charge < -0.3 is 20.2 Å². The van der Waals surface area contributed by atoms with Crippen molar-refractivity contribution in [3.63, 3.8) is 0 Å². The van der Waals surface area contributed by atoms with Gasteiger partial charge in [0.25, 0.3) is 5.91 Å². The van der Waals surface area contributed by atoms with Crippen molar-refractivity contribution in [1.82, 2.24) is 9.80 Å². The maximum absolute atomic E-state index is 13.5. The highest BCUT2D eigenvalue weighted by molar-refractivity contribution is 5.94. The minimum atomic E-state index is -1.22. The zero-order valence-electron chi connectivity index (χ0n) is 18.3. The lowest BCUT2D eigenvalue weighted by atomic mass is 10.00. The fraction of sp³-hybridized carbons (Fsp3) is 0.440. The number of benzene rings is 2. The zero-order chi connectivity index (χ0) is 22.3. The van der Waals surface area contributed by atoms with Crippen LogP contribution < -0.4 is 5.32 Å². The first-order valence-electron chi connectivity index (χ1n) is 11.4. The molecule has 2 unspecified atom stereocenters. The van der Waals surface area contributed by atoms with Crippen molar-refractivity contribution in [2.75, 3.05) is 25.0 Å². The summed E-state index contributed by atoms with van der Waals surface area (Å²) in [5.74, 6) is 0.373. The second kappa shape index (κ2) is 8.20. The molecule has 168 valence electrons. The predicted octanol–water partition coefficient (Wildman–Crippen LogP) is 3.47. The number of rotatable bonds is 4. The lowest BCUT2D eigenvalue weighted by Gasteiger charge is -2.40. The van der Waals surface area contributed by atoms with Crippen molar-refractivity contribution in [2.24, 2.45) is 4.99 Å². The number of aryl methyl sites for hydroxylation is 1. The maximum Gasteiger partial charge on any atom is 0.254 e. The Kier molecular flexibility index (Phi) is 5.37. The minimum Gasteiger partial charge on any atom is -0.380 e. The highest BCUT2D eigenvalue weighted by atomic mass is 19.1. The molecule has 5 rings (SSSR count). The first-order valence-corrected chi connectivity index (χ1v) is 11.4.